The Kier molecular flexibility index (Phi) is 7.71. The molecule has 0 fully saturated rings. The maximum absolute atomic E-state index is 5.41. The maximum Gasteiger partial charge on any atom is 0.238 e. The van der Waals surface area contributed by atoms with Crippen molar-refractivity contribution in [2.24, 2.45) is 0 Å². The summed E-state index contributed by atoms with van der Waals surface area (Å²) in [6, 6.07) is 69.1. The fourth-order valence-corrected chi connectivity index (χ4v) is 8.68. The zero-order chi connectivity index (χ0) is 39.6. The largest absolute Gasteiger partial charge is 0.278 e. The van der Waals surface area contributed by atoms with Crippen molar-refractivity contribution in [1.29, 1.82) is 0 Å². The minimum absolute atomic E-state index is 0.554. The quantitative estimate of drug-likeness (QED) is 0.168. The molecule has 0 aliphatic heterocycles. The van der Waals surface area contributed by atoms with Crippen molar-refractivity contribution < 1.29 is 0 Å². The fourth-order valence-electron chi connectivity index (χ4n) is 8.68. The molecule has 12 aromatic rings. The van der Waals surface area contributed by atoms with Crippen molar-refractivity contribution in [3.8, 4) is 57.1 Å². The van der Waals surface area contributed by atoms with Crippen molar-refractivity contribution in [2.75, 3.05) is 0 Å². The number of aromatic nitrogens is 7. The van der Waals surface area contributed by atoms with Gasteiger partial charge in [0.2, 0.25) is 11.9 Å². The second-order valence-electron chi connectivity index (χ2n) is 14.9. The third kappa shape index (κ3) is 5.41. The van der Waals surface area contributed by atoms with Gasteiger partial charge in [0.25, 0.3) is 0 Å². The Labute approximate surface area is 344 Å². The zero-order valence-corrected chi connectivity index (χ0v) is 32.2. The van der Waals surface area contributed by atoms with E-state index in [1.165, 1.54) is 5.56 Å². The molecular weight excluding hydrogens is 735 g/mol. The molecule has 0 bridgehead atoms. The van der Waals surface area contributed by atoms with Crippen LogP contribution in [-0.4, -0.2) is 34.1 Å². The number of para-hydroxylation sites is 3. The SMILES string of the molecule is c1ccc(-c2ccc(-c3nc(-n4c5ccccc5c5c6c7ccccc7n(-c7nc(-c8ccccc8)nc(-c8ccccc8)n7)c6ccc54)nc4ccccc34)cc2)cc1. The van der Waals surface area contributed by atoms with E-state index in [4.69, 9.17) is 24.9 Å². The summed E-state index contributed by atoms with van der Waals surface area (Å²) in [6.45, 7) is 0. The van der Waals surface area contributed by atoms with Gasteiger partial charge in [-0.2, -0.15) is 9.97 Å². The third-order valence-electron chi connectivity index (χ3n) is 11.4. The van der Waals surface area contributed by atoms with E-state index in [0.717, 1.165) is 82.5 Å². The number of hydrogen-bond donors (Lipinski definition) is 0. The molecule has 12 rings (SSSR count). The Morgan fingerprint density at radius 1 is 0.267 bits per heavy atom. The van der Waals surface area contributed by atoms with E-state index < -0.39 is 0 Å². The van der Waals surface area contributed by atoms with E-state index in [-0.39, 0.29) is 0 Å². The molecule has 8 aromatic carbocycles. The minimum Gasteiger partial charge on any atom is -0.278 e. The van der Waals surface area contributed by atoms with Gasteiger partial charge in [-0.3, -0.25) is 9.13 Å². The Balaban J connectivity index is 1.11. The Morgan fingerprint density at radius 3 is 1.23 bits per heavy atom. The molecule has 0 amide bonds. The molecular formula is C53H33N7. The van der Waals surface area contributed by atoms with Gasteiger partial charge in [-0.25, -0.2) is 15.0 Å². The predicted molar refractivity (Wildman–Crippen MR) is 243 cm³/mol. The van der Waals surface area contributed by atoms with E-state index in [1.807, 2.05) is 72.8 Å². The first-order valence-corrected chi connectivity index (χ1v) is 20.0. The van der Waals surface area contributed by atoms with E-state index in [9.17, 15) is 0 Å². The molecule has 7 heteroatoms. The second kappa shape index (κ2) is 13.7. The molecule has 4 heterocycles. The van der Waals surface area contributed by atoms with Crippen molar-refractivity contribution in [1.82, 2.24) is 34.1 Å². The first kappa shape index (κ1) is 33.8. The molecule has 0 saturated heterocycles. The van der Waals surface area contributed by atoms with E-state index in [1.54, 1.807) is 0 Å². The lowest BCUT2D eigenvalue weighted by Crippen LogP contribution is -2.06. The van der Waals surface area contributed by atoms with Gasteiger partial charge < -0.3 is 0 Å². The molecule has 7 nitrogen and oxygen atoms in total. The average Bonchev–Trinajstić information content (AvgIpc) is 3.85. The van der Waals surface area contributed by atoms with Gasteiger partial charge in [-0.05, 0) is 41.5 Å². The number of benzene rings is 8. The highest BCUT2D eigenvalue weighted by atomic mass is 15.2. The van der Waals surface area contributed by atoms with Crippen molar-refractivity contribution in [3.63, 3.8) is 0 Å². The van der Waals surface area contributed by atoms with Gasteiger partial charge in [-0.1, -0.05) is 170 Å². The lowest BCUT2D eigenvalue weighted by atomic mass is 10.0. The van der Waals surface area contributed by atoms with Crippen molar-refractivity contribution in [2.45, 2.75) is 0 Å². The van der Waals surface area contributed by atoms with Gasteiger partial charge in [-0.15, -0.1) is 0 Å². The highest BCUT2D eigenvalue weighted by Crippen LogP contribution is 2.42. The average molecular weight is 768 g/mol. The molecule has 0 unspecified atom stereocenters. The summed E-state index contributed by atoms with van der Waals surface area (Å²) in [7, 11) is 0. The van der Waals surface area contributed by atoms with Gasteiger partial charge in [0.05, 0.1) is 33.3 Å². The van der Waals surface area contributed by atoms with Crippen molar-refractivity contribution in [3.05, 3.63) is 200 Å². The molecule has 0 aliphatic rings. The predicted octanol–water partition coefficient (Wildman–Crippen LogP) is 12.7. The molecule has 0 atom stereocenters. The second-order valence-corrected chi connectivity index (χ2v) is 14.9. The zero-order valence-electron chi connectivity index (χ0n) is 32.2. The third-order valence-corrected chi connectivity index (χ3v) is 11.4. The van der Waals surface area contributed by atoms with Crippen LogP contribution < -0.4 is 0 Å². The molecule has 4 aromatic heterocycles. The number of nitrogens with zero attached hydrogens (tertiary/aromatic N) is 7. The molecule has 60 heavy (non-hydrogen) atoms. The highest BCUT2D eigenvalue weighted by molar-refractivity contribution is 6.28. The lowest BCUT2D eigenvalue weighted by Gasteiger charge is -2.12. The monoisotopic (exact) mass is 767 g/mol. The Hall–Kier alpha value is -8.29. The molecule has 0 aliphatic carbocycles. The normalized spacial score (nSPS) is 11.7. The molecule has 0 N–H and O–H groups in total. The van der Waals surface area contributed by atoms with E-state index in [2.05, 4.69) is 137 Å². The maximum atomic E-state index is 5.41. The van der Waals surface area contributed by atoms with Gasteiger partial charge in [0, 0.05) is 43.6 Å². The van der Waals surface area contributed by atoms with Gasteiger partial charge >= 0.3 is 0 Å². The number of rotatable bonds is 6. The summed E-state index contributed by atoms with van der Waals surface area (Å²) in [4.78, 5) is 26.0. The molecule has 0 spiro atoms. The van der Waals surface area contributed by atoms with Crippen LogP contribution in [0.4, 0.5) is 0 Å². The van der Waals surface area contributed by atoms with Crippen LogP contribution in [0.25, 0.3) is 112 Å². The van der Waals surface area contributed by atoms with Crippen LogP contribution in [0.5, 0.6) is 0 Å². The van der Waals surface area contributed by atoms with Gasteiger partial charge in [0.1, 0.15) is 0 Å². The first-order valence-electron chi connectivity index (χ1n) is 20.0. The van der Waals surface area contributed by atoms with Crippen LogP contribution in [0.1, 0.15) is 0 Å². The summed E-state index contributed by atoms with van der Waals surface area (Å²) in [5.74, 6) is 2.39. The van der Waals surface area contributed by atoms with Crippen LogP contribution in [0.3, 0.4) is 0 Å². The summed E-state index contributed by atoms with van der Waals surface area (Å²) in [5.41, 5.74) is 11.0. The fraction of sp³-hybridized carbons (Fsp3) is 0. The summed E-state index contributed by atoms with van der Waals surface area (Å²) < 4.78 is 4.40. The molecule has 280 valence electrons. The van der Waals surface area contributed by atoms with E-state index in [0.29, 0.717) is 23.5 Å². The summed E-state index contributed by atoms with van der Waals surface area (Å²) in [5, 5.41) is 5.43. The molecule has 0 saturated carbocycles. The summed E-state index contributed by atoms with van der Waals surface area (Å²) in [6.07, 6.45) is 0. The minimum atomic E-state index is 0.554. The van der Waals surface area contributed by atoms with Crippen molar-refractivity contribution >= 4 is 54.5 Å². The van der Waals surface area contributed by atoms with Crippen LogP contribution in [0.15, 0.2) is 200 Å². The van der Waals surface area contributed by atoms with E-state index >= 15 is 0 Å². The van der Waals surface area contributed by atoms with Crippen LogP contribution >= 0.6 is 0 Å². The van der Waals surface area contributed by atoms with Crippen LogP contribution in [0, 0.1) is 0 Å². The topological polar surface area (TPSA) is 74.3 Å². The standard InChI is InChI=1S/C53H33N7/c1-4-16-34(17-5-1)35-28-30-36(31-29-35)49-39-22-10-13-25-42(39)54-52(55-49)59-43-26-14-11-23-40(43)47-45(59)32-33-46-48(47)41-24-12-15-27-44(41)60(46)53-57-50(37-18-6-2-7-19-37)56-51(58-53)38-20-8-3-9-21-38/h1-33H. The first-order chi connectivity index (χ1) is 29.8. The number of hydrogen-bond acceptors (Lipinski definition) is 5. The van der Waals surface area contributed by atoms with Gasteiger partial charge in [0.15, 0.2) is 11.6 Å². The Bertz CT molecular complexity index is 3520. The Morgan fingerprint density at radius 2 is 0.683 bits per heavy atom. The smallest absolute Gasteiger partial charge is 0.238 e. The highest BCUT2D eigenvalue weighted by Gasteiger charge is 2.24. The number of fused-ring (bicyclic) bond motifs is 8. The van der Waals surface area contributed by atoms with Crippen LogP contribution in [0.2, 0.25) is 0 Å². The lowest BCUT2D eigenvalue weighted by molar-refractivity contribution is 0.953. The molecule has 0 radical (unpaired) electrons. The van der Waals surface area contributed by atoms with Crippen LogP contribution in [-0.2, 0) is 0 Å². The summed E-state index contributed by atoms with van der Waals surface area (Å²) >= 11 is 0.